The number of piperidine rings is 1. The highest BCUT2D eigenvalue weighted by Crippen LogP contribution is 2.28. The zero-order chi connectivity index (χ0) is 18.6. The first-order valence-electron chi connectivity index (χ1n) is 9.88. The monoisotopic (exact) mass is 358 g/mol. The van der Waals surface area contributed by atoms with Gasteiger partial charge in [-0.2, -0.15) is 5.26 Å². The normalized spacial score (nSPS) is 17.0. The van der Waals surface area contributed by atoms with Crippen LogP contribution >= 0.6 is 0 Å². The summed E-state index contributed by atoms with van der Waals surface area (Å²) in [5, 5.41) is 9.05. The fraction of sp³-hybridized carbons (Fsp3) is 0.391. The zero-order valence-electron chi connectivity index (χ0n) is 15.9. The maximum Gasteiger partial charge on any atom is 0.0992 e. The van der Waals surface area contributed by atoms with Crippen LogP contribution in [0.2, 0.25) is 0 Å². The van der Waals surface area contributed by atoms with E-state index in [-0.39, 0.29) is 0 Å². The molecule has 0 N–H and O–H groups in total. The molecule has 4 heteroatoms. The summed E-state index contributed by atoms with van der Waals surface area (Å²) < 4.78 is 2.31. The molecule has 0 radical (unpaired) electrons. The third-order valence-corrected chi connectivity index (χ3v) is 5.90. The SMILES string of the molecule is CC(CCN1CCC(n2cnc3cc(C#N)ccc32)CC1)c1ccccc1. The maximum atomic E-state index is 9.05. The number of nitrogens with zero attached hydrogens (tertiary/aromatic N) is 4. The van der Waals surface area contributed by atoms with Crippen LogP contribution < -0.4 is 0 Å². The number of aromatic nitrogens is 2. The lowest BCUT2D eigenvalue weighted by molar-refractivity contribution is 0.184. The van der Waals surface area contributed by atoms with Crippen molar-refractivity contribution in [2.24, 2.45) is 0 Å². The molecule has 3 aromatic rings. The minimum absolute atomic E-state index is 0.505. The summed E-state index contributed by atoms with van der Waals surface area (Å²) in [6.07, 6.45) is 5.47. The second-order valence-corrected chi connectivity index (χ2v) is 7.64. The van der Waals surface area contributed by atoms with E-state index in [0.29, 0.717) is 17.5 Å². The van der Waals surface area contributed by atoms with Crippen LogP contribution in [-0.4, -0.2) is 34.1 Å². The van der Waals surface area contributed by atoms with Crippen molar-refractivity contribution in [1.82, 2.24) is 14.5 Å². The van der Waals surface area contributed by atoms with E-state index in [1.54, 1.807) is 0 Å². The molecule has 0 bridgehead atoms. The third-order valence-electron chi connectivity index (χ3n) is 5.90. The second-order valence-electron chi connectivity index (χ2n) is 7.64. The number of nitriles is 1. The van der Waals surface area contributed by atoms with Crippen molar-refractivity contribution in [3.05, 3.63) is 66.0 Å². The van der Waals surface area contributed by atoms with E-state index in [0.717, 1.165) is 37.0 Å². The highest BCUT2D eigenvalue weighted by atomic mass is 15.2. The van der Waals surface area contributed by atoms with Gasteiger partial charge in [0.2, 0.25) is 0 Å². The molecule has 1 unspecified atom stereocenters. The molecule has 1 aliphatic rings. The van der Waals surface area contributed by atoms with E-state index in [1.165, 1.54) is 18.5 Å². The Morgan fingerprint density at radius 1 is 1.15 bits per heavy atom. The van der Waals surface area contributed by atoms with Gasteiger partial charge >= 0.3 is 0 Å². The molecule has 1 aromatic heterocycles. The minimum atomic E-state index is 0.505. The summed E-state index contributed by atoms with van der Waals surface area (Å²) in [6.45, 7) is 5.78. The summed E-state index contributed by atoms with van der Waals surface area (Å²) >= 11 is 0. The number of hydrogen-bond donors (Lipinski definition) is 0. The molecule has 27 heavy (non-hydrogen) atoms. The lowest BCUT2D eigenvalue weighted by atomic mass is 9.97. The molecule has 4 nitrogen and oxygen atoms in total. The summed E-state index contributed by atoms with van der Waals surface area (Å²) in [7, 11) is 0. The molecule has 1 aliphatic heterocycles. The predicted octanol–water partition coefficient (Wildman–Crippen LogP) is 4.74. The largest absolute Gasteiger partial charge is 0.327 e. The Morgan fingerprint density at radius 3 is 2.67 bits per heavy atom. The fourth-order valence-corrected chi connectivity index (χ4v) is 4.14. The average Bonchev–Trinajstić information content (AvgIpc) is 3.16. The quantitative estimate of drug-likeness (QED) is 0.662. The Labute approximate surface area is 161 Å². The maximum absolute atomic E-state index is 9.05. The number of likely N-dealkylation sites (tertiary alicyclic amines) is 1. The molecule has 1 atom stereocenters. The molecule has 0 aliphatic carbocycles. The molecule has 1 fully saturated rings. The van der Waals surface area contributed by atoms with Gasteiger partial charge in [-0.3, -0.25) is 0 Å². The topological polar surface area (TPSA) is 44.9 Å². The Kier molecular flexibility index (Phi) is 5.22. The van der Waals surface area contributed by atoms with E-state index < -0.39 is 0 Å². The van der Waals surface area contributed by atoms with Gasteiger partial charge in [0, 0.05) is 19.1 Å². The van der Waals surface area contributed by atoms with Crippen LogP contribution in [0.25, 0.3) is 11.0 Å². The molecule has 1 saturated heterocycles. The van der Waals surface area contributed by atoms with Gasteiger partial charge in [0.05, 0.1) is 29.0 Å². The highest BCUT2D eigenvalue weighted by molar-refractivity contribution is 5.77. The first kappa shape index (κ1) is 17.8. The average molecular weight is 358 g/mol. The molecular formula is C23H26N4. The van der Waals surface area contributed by atoms with Gasteiger partial charge in [-0.15, -0.1) is 0 Å². The van der Waals surface area contributed by atoms with Crippen molar-refractivity contribution in [2.75, 3.05) is 19.6 Å². The van der Waals surface area contributed by atoms with Crippen LogP contribution in [-0.2, 0) is 0 Å². The molecule has 0 spiro atoms. The van der Waals surface area contributed by atoms with Gasteiger partial charge in [0.25, 0.3) is 0 Å². The van der Waals surface area contributed by atoms with Gasteiger partial charge in [-0.25, -0.2) is 4.98 Å². The highest BCUT2D eigenvalue weighted by Gasteiger charge is 2.22. The first-order valence-corrected chi connectivity index (χ1v) is 9.88. The van der Waals surface area contributed by atoms with E-state index in [2.05, 4.69) is 57.8 Å². The standard InChI is InChI=1S/C23H26N4/c1-18(20-5-3-2-4-6-20)9-12-26-13-10-21(11-14-26)27-17-25-22-15-19(16-24)7-8-23(22)27/h2-8,15,17-18,21H,9-14H2,1H3. The lowest BCUT2D eigenvalue weighted by Crippen LogP contribution is -2.35. The minimum Gasteiger partial charge on any atom is -0.327 e. The van der Waals surface area contributed by atoms with E-state index in [9.17, 15) is 0 Å². The second kappa shape index (κ2) is 7.94. The van der Waals surface area contributed by atoms with Gasteiger partial charge in [0.15, 0.2) is 0 Å². The van der Waals surface area contributed by atoms with Crippen molar-refractivity contribution >= 4 is 11.0 Å². The van der Waals surface area contributed by atoms with Crippen LogP contribution in [0.1, 0.15) is 49.3 Å². The van der Waals surface area contributed by atoms with Gasteiger partial charge in [-0.05, 0) is 55.5 Å². The summed E-state index contributed by atoms with van der Waals surface area (Å²) in [5.41, 5.74) is 4.18. The smallest absolute Gasteiger partial charge is 0.0992 e. The van der Waals surface area contributed by atoms with Gasteiger partial charge in [0.1, 0.15) is 0 Å². The van der Waals surface area contributed by atoms with Crippen LogP contribution in [0.15, 0.2) is 54.9 Å². The third kappa shape index (κ3) is 3.89. The number of rotatable bonds is 5. The predicted molar refractivity (Wildman–Crippen MR) is 109 cm³/mol. The molecule has 4 rings (SSSR count). The van der Waals surface area contributed by atoms with Crippen LogP contribution in [0, 0.1) is 11.3 Å². The number of imidazole rings is 1. The van der Waals surface area contributed by atoms with E-state index in [4.69, 9.17) is 5.26 Å². The van der Waals surface area contributed by atoms with Crippen molar-refractivity contribution in [2.45, 2.75) is 38.1 Å². The molecule has 0 saturated carbocycles. The number of fused-ring (bicyclic) bond motifs is 1. The van der Waals surface area contributed by atoms with Crippen LogP contribution in [0.4, 0.5) is 0 Å². The Bertz CT molecular complexity index is 930. The fourth-order valence-electron chi connectivity index (χ4n) is 4.14. The molecule has 0 amide bonds. The number of hydrogen-bond acceptors (Lipinski definition) is 3. The summed E-state index contributed by atoms with van der Waals surface area (Å²) in [6, 6.07) is 19.3. The van der Waals surface area contributed by atoms with Crippen LogP contribution in [0.3, 0.4) is 0 Å². The molecular weight excluding hydrogens is 332 g/mol. The Hall–Kier alpha value is -2.64. The molecule has 2 heterocycles. The lowest BCUT2D eigenvalue weighted by Gasteiger charge is -2.33. The molecule has 138 valence electrons. The van der Waals surface area contributed by atoms with E-state index >= 15 is 0 Å². The van der Waals surface area contributed by atoms with Crippen molar-refractivity contribution in [3.8, 4) is 6.07 Å². The van der Waals surface area contributed by atoms with Crippen LogP contribution in [0.5, 0.6) is 0 Å². The van der Waals surface area contributed by atoms with Crippen molar-refractivity contribution in [1.29, 1.82) is 5.26 Å². The zero-order valence-corrected chi connectivity index (χ0v) is 15.9. The number of benzene rings is 2. The molecule has 2 aromatic carbocycles. The Morgan fingerprint density at radius 2 is 1.93 bits per heavy atom. The first-order chi connectivity index (χ1) is 13.2. The van der Waals surface area contributed by atoms with Crippen molar-refractivity contribution < 1.29 is 0 Å². The van der Waals surface area contributed by atoms with Gasteiger partial charge < -0.3 is 9.47 Å². The van der Waals surface area contributed by atoms with Gasteiger partial charge in [-0.1, -0.05) is 37.3 Å². The van der Waals surface area contributed by atoms with E-state index in [1.807, 2.05) is 24.5 Å². The summed E-state index contributed by atoms with van der Waals surface area (Å²) in [5.74, 6) is 0.607. The van der Waals surface area contributed by atoms with Crippen molar-refractivity contribution in [3.63, 3.8) is 0 Å². The Balaban J connectivity index is 1.33. The summed E-state index contributed by atoms with van der Waals surface area (Å²) in [4.78, 5) is 7.11.